The van der Waals surface area contributed by atoms with Crippen molar-refractivity contribution >= 4 is 5.97 Å². The number of ether oxygens (including phenoxy) is 1. The summed E-state index contributed by atoms with van der Waals surface area (Å²) >= 11 is 0. The summed E-state index contributed by atoms with van der Waals surface area (Å²) in [6, 6.07) is 6.93. The molecule has 0 aromatic heterocycles. The average molecular weight is 262 g/mol. The van der Waals surface area contributed by atoms with E-state index in [0.29, 0.717) is 18.3 Å². The van der Waals surface area contributed by atoms with Gasteiger partial charge in [-0.3, -0.25) is 0 Å². The summed E-state index contributed by atoms with van der Waals surface area (Å²) in [5, 5.41) is 8.83. The Kier molecular flexibility index (Phi) is 4.59. The highest BCUT2D eigenvalue weighted by Crippen LogP contribution is 2.31. The molecule has 0 heterocycles. The summed E-state index contributed by atoms with van der Waals surface area (Å²) in [5.74, 6) is 0.644. The maximum Gasteiger partial charge on any atom is 0.335 e. The van der Waals surface area contributed by atoms with Gasteiger partial charge in [0.2, 0.25) is 0 Å². The van der Waals surface area contributed by atoms with Crippen LogP contribution in [0.1, 0.15) is 49.0 Å². The van der Waals surface area contributed by atoms with Crippen molar-refractivity contribution in [3.63, 3.8) is 0 Å². The van der Waals surface area contributed by atoms with Gasteiger partial charge >= 0.3 is 5.97 Å². The Balaban J connectivity index is 1.83. The van der Waals surface area contributed by atoms with E-state index in [0.717, 1.165) is 30.2 Å². The molecule has 1 aromatic rings. The maximum atomic E-state index is 10.8. The van der Waals surface area contributed by atoms with E-state index < -0.39 is 5.97 Å². The van der Waals surface area contributed by atoms with Crippen molar-refractivity contribution in [3.8, 4) is 0 Å². The van der Waals surface area contributed by atoms with Gasteiger partial charge in [0, 0.05) is 0 Å². The molecule has 0 amide bonds. The van der Waals surface area contributed by atoms with Crippen molar-refractivity contribution < 1.29 is 14.6 Å². The van der Waals surface area contributed by atoms with E-state index in [1.54, 1.807) is 12.1 Å². The lowest BCUT2D eigenvalue weighted by Crippen LogP contribution is -2.26. The number of carboxylic acids is 1. The Morgan fingerprint density at radius 3 is 2.47 bits per heavy atom. The van der Waals surface area contributed by atoms with Crippen LogP contribution in [0.25, 0.3) is 0 Å². The molecular weight excluding hydrogens is 240 g/mol. The van der Waals surface area contributed by atoms with Crippen LogP contribution in [0.2, 0.25) is 0 Å². The van der Waals surface area contributed by atoms with E-state index >= 15 is 0 Å². The minimum absolute atomic E-state index is 0.323. The fourth-order valence-electron chi connectivity index (χ4n) is 2.61. The molecule has 1 fully saturated rings. The van der Waals surface area contributed by atoms with Crippen molar-refractivity contribution in [1.29, 1.82) is 0 Å². The summed E-state index contributed by atoms with van der Waals surface area (Å²) < 4.78 is 5.94. The van der Waals surface area contributed by atoms with Crippen LogP contribution in [0.5, 0.6) is 0 Å². The molecule has 3 unspecified atom stereocenters. The van der Waals surface area contributed by atoms with Gasteiger partial charge in [-0.1, -0.05) is 26.0 Å². The molecule has 1 N–H and O–H groups in total. The van der Waals surface area contributed by atoms with Gasteiger partial charge in [-0.2, -0.15) is 0 Å². The first-order chi connectivity index (χ1) is 9.06. The van der Waals surface area contributed by atoms with Gasteiger partial charge in [-0.15, -0.1) is 0 Å². The molecule has 2 rings (SSSR count). The second kappa shape index (κ2) is 6.20. The van der Waals surface area contributed by atoms with Crippen LogP contribution in [0.4, 0.5) is 0 Å². The predicted molar refractivity (Wildman–Crippen MR) is 74.2 cm³/mol. The van der Waals surface area contributed by atoms with Crippen molar-refractivity contribution in [1.82, 2.24) is 0 Å². The number of hydrogen-bond donors (Lipinski definition) is 1. The van der Waals surface area contributed by atoms with Crippen molar-refractivity contribution in [2.75, 3.05) is 0 Å². The largest absolute Gasteiger partial charge is 0.478 e. The number of carboxylic acid groups (broad SMARTS) is 1. The highest BCUT2D eigenvalue weighted by molar-refractivity contribution is 5.87. The number of carbonyl (C=O) groups is 1. The van der Waals surface area contributed by atoms with Crippen LogP contribution < -0.4 is 0 Å². The molecule has 3 heteroatoms. The maximum absolute atomic E-state index is 10.8. The van der Waals surface area contributed by atoms with Gasteiger partial charge in [0.15, 0.2) is 0 Å². The minimum atomic E-state index is -0.887. The molecule has 0 spiro atoms. The topological polar surface area (TPSA) is 46.5 Å². The molecule has 19 heavy (non-hydrogen) atoms. The standard InChI is InChI=1S/C16H22O3/c1-11-3-8-15(9-12(11)2)19-10-13-4-6-14(7-5-13)16(17)18/h4-7,11-12,15H,3,8-10H2,1-2H3,(H,17,18). The average Bonchev–Trinajstić information content (AvgIpc) is 2.40. The van der Waals surface area contributed by atoms with Crippen LogP contribution in [-0.2, 0) is 11.3 Å². The van der Waals surface area contributed by atoms with Crippen molar-refractivity contribution in [2.45, 2.75) is 45.8 Å². The van der Waals surface area contributed by atoms with E-state index in [4.69, 9.17) is 9.84 Å². The van der Waals surface area contributed by atoms with Crippen molar-refractivity contribution in [3.05, 3.63) is 35.4 Å². The fraction of sp³-hybridized carbons (Fsp3) is 0.562. The van der Waals surface area contributed by atoms with Crippen LogP contribution >= 0.6 is 0 Å². The molecule has 0 aliphatic heterocycles. The monoisotopic (exact) mass is 262 g/mol. The molecule has 1 aliphatic rings. The van der Waals surface area contributed by atoms with Crippen LogP contribution in [0, 0.1) is 11.8 Å². The fourth-order valence-corrected chi connectivity index (χ4v) is 2.61. The molecule has 104 valence electrons. The van der Waals surface area contributed by atoms with E-state index in [2.05, 4.69) is 13.8 Å². The lowest BCUT2D eigenvalue weighted by Gasteiger charge is -2.32. The van der Waals surface area contributed by atoms with Crippen LogP contribution in [0.15, 0.2) is 24.3 Å². The van der Waals surface area contributed by atoms with E-state index in [1.807, 2.05) is 12.1 Å². The lowest BCUT2D eigenvalue weighted by molar-refractivity contribution is -0.00746. The van der Waals surface area contributed by atoms with Crippen molar-refractivity contribution in [2.24, 2.45) is 11.8 Å². The molecule has 1 aromatic carbocycles. The van der Waals surface area contributed by atoms with Gasteiger partial charge in [-0.05, 0) is 48.8 Å². The third kappa shape index (κ3) is 3.80. The number of benzene rings is 1. The molecule has 0 saturated heterocycles. The zero-order valence-electron chi connectivity index (χ0n) is 11.6. The zero-order valence-corrected chi connectivity index (χ0v) is 11.6. The Morgan fingerprint density at radius 2 is 1.89 bits per heavy atom. The van der Waals surface area contributed by atoms with Gasteiger partial charge < -0.3 is 9.84 Å². The molecule has 1 saturated carbocycles. The third-order valence-electron chi connectivity index (χ3n) is 4.24. The van der Waals surface area contributed by atoms with Gasteiger partial charge in [-0.25, -0.2) is 4.79 Å². The van der Waals surface area contributed by atoms with E-state index in [9.17, 15) is 4.79 Å². The molecule has 3 nitrogen and oxygen atoms in total. The van der Waals surface area contributed by atoms with Gasteiger partial charge in [0.05, 0.1) is 18.3 Å². The summed E-state index contributed by atoms with van der Waals surface area (Å²) in [5.41, 5.74) is 1.36. The second-order valence-electron chi connectivity index (χ2n) is 5.70. The van der Waals surface area contributed by atoms with Gasteiger partial charge in [0.25, 0.3) is 0 Å². The molecule has 0 radical (unpaired) electrons. The highest BCUT2D eigenvalue weighted by Gasteiger charge is 2.24. The first-order valence-corrected chi connectivity index (χ1v) is 7.00. The van der Waals surface area contributed by atoms with E-state index in [1.165, 1.54) is 6.42 Å². The summed E-state index contributed by atoms with van der Waals surface area (Å²) in [7, 11) is 0. The lowest BCUT2D eigenvalue weighted by atomic mass is 9.80. The number of aromatic carboxylic acids is 1. The number of hydrogen-bond acceptors (Lipinski definition) is 2. The quantitative estimate of drug-likeness (QED) is 0.899. The molecular formula is C16H22O3. The number of rotatable bonds is 4. The van der Waals surface area contributed by atoms with Crippen LogP contribution in [0.3, 0.4) is 0 Å². The smallest absolute Gasteiger partial charge is 0.335 e. The first-order valence-electron chi connectivity index (χ1n) is 7.00. The summed E-state index contributed by atoms with van der Waals surface area (Å²) in [4.78, 5) is 10.8. The normalized spacial score (nSPS) is 27.2. The molecule has 0 bridgehead atoms. The van der Waals surface area contributed by atoms with E-state index in [-0.39, 0.29) is 0 Å². The Labute approximate surface area is 114 Å². The summed E-state index contributed by atoms with van der Waals surface area (Å²) in [6.07, 6.45) is 3.86. The molecule has 1 aliphatic carbocycles. The van der Waals surface area contributed by atoms with Crippen LogP contribution in [-0.4, -0.2) is 17.2 Å². The summed E-state index contributed by atoms with van der Waals surface area (Å²) in [6.45, 7) is 5.18. The third-order valence-corrected chi connectivity index (χ3v) is 4.24. The predicted octanol–water partition coefficient (Wildman–Crippen LogP) is 3.73. The molecule has 3 atom stereocenters. The Bertz CT molecular complexity index is 424. The Morgan fingerprint density at radius 1 is 1.21 bits per heavy atom. The SMILES string of the molecule is CC1CCC(OCc2ccc(C(=O)O)cc2)CC1C. The minimum Gasteiger partial charge on any atom is -0.478 e. The highest BCUT2D eigenvalue weighted by atomic mass is 16.5. The Hall–Kier alpha value is -1.35. The zero-order chi connectivity index (χ0) is 13.8. The van der Waals surface area contributed by atoms with Gasteiger partial charge in [0.1, 0.15) is 0 Å². The first kappa shape index (κ1) is 14.1. The second-order valence-corrected chi connectivity index (χ2v) is 5.70.